The maximum absolute atomic E-state index is 12.2. The van der Waals surface area contributed by atoms with Gasteiger partial charge in [0.15, 0.2) is 5.11 Å². The Hall–Kier alpha value is -2.73. The molecule has 0 saturated carbocycles. The molecule has 2 rings (SSSR count). The molecule has 0 aliphatic carbocycles. The van der Waals surface area contributed by atoms with Crippen molar-refractivity contribution < 1.29 is 9.59 Å². The van der Waals surface area contributed by atoms with Crippen LogP contribution < -0.4 is 16.2 Å². The molecular formula is C20H23N3O2S. The maximum Gasteiger partial charge on any atom is 0.269 e. The average Bonchev–Trinajstić information content (AvgIpc) is 2.59. The van der Waals surface area contributed by atoms with Gasteiger partial charge < -0.3 is 0 Å². The minimum atomic E-state index is -0.341. The molecule has 0 heterocycles. The molecular weight excluding hydrogens is 346 g/mol. The minimum absolute atomic E-state index is 0.0229. The highest BCUT2D eigenvalue weighted by Gasteiger charge is 2.14. The first-order valence-corrected chi connectivity index (χ1v) is 8.66. The Balaban J connectivity index is 1.87. The highest BCUT2D eigenvalue weighted by Crippen LogP contribution is 2.22. The lowest BCUT2D eigenvalue weighted by Crippen LogP contribution is -2.48. The van der Waals surface area contributed by atoms with Crippen molar-refractivity contribution in [2.75, 3.05) is 0 Å². The Labute approximate surface area is 159 Å². The van der Waals surface area contributed by atoms with Gasteiger partial charge in [-0.15, -0.1) is 0 Å². The van der Waals surface area contributed by atoms with Crippen molar-refractivity contribution in [2.24, 2.45) is 0 Å². The number of carbonyl (C=O) groups is 2. The third kappa shape index (κ3) is 5.39. The summed E-state index contributed by atoms with van der Waals surface area (Å²) in [5.41, 5.74) is 8.23. The number of carbonyl (C=O) groups excluding carboxylic acids is 2. The van der Waals surface area contributed by atoms with E-state index in [1.54, 1.807) is 24.3 Å². The second kappa shape index (κ2) is 8.10. The van der Waals surface area contributed by atoms with Crippen LogP contribution in [-0.4, -0.2) is 16.9 Å². The molecule has 0 spiro atoms. The van der Waals surface area contributed by atoms with Gasteiger partial charge in [-0.25, -0.2) is 0 Å². The molecule has 0 aliphatic heterocycles. The molecule has 0 aliphatic rings. The summed E-state index contributed by atoms with van der Waals surface area (Å²) in [5.74, 6) is -0.677. The molecule has 0 bridgehead atoms. The van der Waals surface area contributed by atoms with Gasteiger partial charge in [0, 0.05) is 11.1 Å². The fourth-order valence-electron chi connectivity index (χ4n) is 2.22. The van der Waals surface area contributed by atoms with Crippen LogP contribution in [0.2, 0.25) is 0 Å². The van der Waals surface area contributed by atoms with E-state index in [0.717, 1.165) is 11.1 Å². The number of hydrazine groups is 1. The lowest BCUT2D eigenvalue weighted by molar-refractivity contribution is 0.0934. The molecule has 136 valence electrons. The zero-order valence-corrected chi connectivity index (χ0v) is 16.2. The minimum Gasteiger partial charge on any atom is -0.298 e. The van der Waals surface area contributed by atoms with Crippen LogP contribution in [0.5, 0.6) is 0 Å². The smallest absolute Gasteiger partial charge is 0.269 e. The topological polar surface area (TPSA) is 70.2 Å². The summed E-state index contributed by atoms with van der Waals surface area (Å²) in [6.07, 6.45) is 0. The molecule has 0 atom stereocenters. The zero-order valence-electron chi connectivity index (χ0n) is 15.3. The third-order valence-electron chi connectivity index (χ3n) is 3.84. The van der Waals surface area contributed by atoms with Crippen molar-refractivity contribution >= 4 is 29.1 Å². The number of hydrogen-bond acceptors (Lipinski definition) is 3. The van der Waals surface area contributed by atoms with E-state index < -0.39 is 0 Å². The number of hydrogen-bond donors (Lipinski definition) is 3. The first-order valence-electron chi connectivity index (χ1n) is 8.26. The summed E-state index contributed by atoms with van der Waals surface area (Å²) in [7, 11) is 0. The second-order valence-corrected chi connectivity index (χ2v) is 7.46. The molecule has 26 heavy (non-hydrogen) atoms. The summed E-state index contributed by atoms with van der Waals surface area (Å²) in [5, 5.41) is 2.54. The number of amides is 2. The van der Waals surface area contributed by atoms with E-state index in [1.807, 2.05) is 31.2 Å². The molecule has 2 aromatic carbocycles. The SMILES string of the molecule is Cc1ccc(C(=O)NC(=S)NNC(=O)c2ccc(C(C)(C)C)cc2)cc1. The van der Waals surface area contributed by atoms with Crippen LogP contribution in [-0.2, 0) is 5.41 Å². The fraction of sp³-hybridized carbons (Fsp3) is 0.250. The standard InChI is InChI=1S/C20H23N3O2S/c1-13-5-7-14(8-6-13)17(24)21-19(26)23-22-18(25)15-9-11-16(12-10-15)20(2,3)4/h5-12H,1-4H3,(H,22,25)(H2,21,23,24,26). The summed E-state index contributed by atoms with van der Waals surface area (Å²) in [6.45, 7) is 8.27. The van der Waals surface area contributed by atoms with Crippen LogP contribution in [0.15, 0.2) is 48.5 Å². The molecule has 3 N–H and O–H groups in total. The molecule has 0 aromatic heterocycles. The average molecular weight is 369 g/mol. The van der Waals surface area contributed by atoms with Gasteiger partial charge in [0.2, 0.25) is 0 Å². The molecule has 5 nitrogen and oxygen atoms in total. The summed E-state index contributed by atoms with van der Waals surface area (Å²) < 4.78 is 0. The number of thiocarbonyl (C=S) groups is 1. The van der Waals surface area contributed by atoms with E-state index in [2.05, 4.69) is 36.9 Å². The maximum atomic E-state index is 12.2. The Morgan fingerprint density at radius 1 is 0.808 bits per heavy atom. The number of rotatable bonds is 2. The largest absolute Gasteiger partial charge is 0.298 e. The monoisotopic (exact) mass is 369 g/mol. The van der Waals surface area contributed by atoms with Crippen molar-refractivity contribution in [2.45, 2.75) is 33.1 Å². The molecule has 0 unspecified atom stereocenters. The van der Waals surface area contributed by atoms with E-state index in [0.29, 0.717) is 11.1 Å². The first-order chi connectivity index (χ1) is 12.2. The van der Waals surface area contributed by atoms with Crippen LogP contribution in [0, 0.1) is 6.92 Å². The van der Waals surface area contributed by atoms with Gasteiger partial charge >= 0.3 is 0 Å². The van der Waals surface area contributed by atoms with Crippen molar-refractivity contribution in [1.29, 1.82) is 0 Å². The van der Waals surface area contributed by atoms with E-state index in [-0.39, 0.29) is 22.3 Å². The Morgan fingerprint density at radius 2 is 1.31 bits per heavy atom. The molecule has 0 fully saturated rings. The zero-order chi connectivity index (χ0) is 19.3. The van der Waals surface area contributed by atoms with Crippen LogP contribution in [0.1, 0.15) is 52.6 Å². The van der Waals surface area contributed by atoms with E-state index in [9.17, 15) is 9.59 Å². The fourth-order valence-corrected chi connectivity index (χ4v) is 2.36. The molecule has 2 aromatic rings. The molecule has 2 amide bonds. The quantitative estimate of drug-likeness (QED) is 0.561. The molecule has 0 radical (unpaired) electrons. The van der Waals surface area contributed by atoms with E-state index in [4.69, 9.17) is 12.2 Å². The number of nitrogens with one attached hydrogen (secondary N) is 3. The highest BCUT2D eigenvalue weighted by atomic mass is 32.1. The summed E-state index contributed by atoms with van der Waals surface area (Å²) in [4.78, 5) is 24.2. The summed E-state index contributed by atoms with van der Waals surface area (Å²) in [6, 6.07) is 14.5. The summed E-state index contributed by atoms with van der Waals surface area (Å²) >= 11 is 5.04. The Kier molecular flexibility index (Phi) is 6.10. The predicted molar refractivity (Wildman–Crippen MR) is 107 cm³/mol. The van der Waals surface area contributed by atoms with Crippen molar-refractivity contribution in [3.63, 3.8) is 0 Å². The number of aryl methyl sites for hydroxylation is 1. The first kappa shape index (κ1) is 19.6. The second-order valence-electron chi connectivity index (χ2n) is 7.06. The lowest BCUT2D eigenvalue weighted by atomic mass is 9.87. The van der Waals surface area contributed by atoms with Crippen LogP contribution in [0.25, 0.3) is 0 Å². The predicted octanol–water partition coefficient (Wildman–Crippen LogP) is 3.24. The van der Waals surface area contributed by atoms with Gasteiger partial charge in [0.05, 0.1) is 0 Å². The third-order valence-corrected chi connectivity index (χ3v) is 4.05. The van der Waals surface area contributed by atoms with Crippen molar-refractivity contribution in [1.82, 2.24) is 16.2 Å². The van der Waals surface area contributed by atoms with Crippen LogP contribution in [0.4, 0.5) is 0 Å². The van der Waals surface area contributed by atoms with Gasteiger partial charge in [0.1, 0.15) is 0 Å². The Morgan fingerprint density at radius 3 is 1.85 bits per heavy atom. The highest BCUT2D eigenvalue weighted by molar-refractivity contribution is 7.80. The van der Waals surface area contributed by atoms with Gasteiger partial charge in [-0.05, 0) is 54.4 Å². The lowest BCUT2D eigenvalue weighted by Gasteiger charge is -2.19. The van der Waals surface area contributed by atoms with Crippen molar-refractivity contribution in [3.05, 3.63) is 70.8 Å². The Bertz CT molecular complexity index is 806. The van der Waals surface area contributed by atoms with Gasteiger partial charge in [-0.3, -0.25) is 25.8 Å². The van der Waals surface area contributed by atoms with Gasteiger partial charge in [-0.1, -0.05) is 50.6 Å². The van der Waals surface area contributed by atoms with Gasteiger partial charge in [0.25, 0.3) is 11.8 Å². The molecule has 0 saturated heterocycles. The van der Waals surface area contributed by atoms with Crippen molar-refractivity contribution in [3.8, 4) is 0 Å². The number of benzene rings is 2. The van der Waals surface area contributed by atoms with Crippen LogP contribution in [0.3, 0.4) is 0 Å². The van der Waals surface area contributed by atoms with Crippen LogP contribution >= 0.6 is 12.2 Å². The normalized spacial score (nSPS) is 10.8. The van der Waals surface area contributed by atoms with Gasteiger partial charge in [-0.2, -0.15) is 0 Å². The van der Waals surface area contributed by atoms with E-state index >= 15 is 0 Å². The molecule has 6 heteroatoms. The van der Waals surface area contributed by atoms with E-state index in [1.165, 1.54) is 0 Å².